The van der Waals surface area contributed by atoms with Crippen LogP contribution in [-0.4, -0.2) is 38.3 Å². The van der Waals surface area contributed by atoms with Crippen molar-refractivity contribution in [3.63, 3.8) is 0 Å². The van der Waals surface area contributed by atoms with Crippen molar-refractivity contribution in [3.05, 3.63) is 84.2 Å². The molecule has 0 unspecified atom stereocenters. The van der Waals surface area contributed by atoms with Crippen molar-refractivity contribution in [2.75, 3.05) is 10.2 Å². The van der Waals surface area contributed by atoms with E-state index in [-0.39, 0.29) is 18.0 Å². The van der Waals surface area contributed by atoms with E-state index >= 15 is 4.39 Å². The van der Waals surface area contributed by atoms with Crippen molar-refractivity contribution in [1.82, 2.24) is 20.3 Å². The second-order valence-corrected chi connectivity index (χ2v) is 9.88. The molecule has 3 aromatic carbocycles. The Morgan fingerprint density at radius 1 is 1.00 bits per heavy atom. The van der Waals surface area contributed by atoms with Crippen LogP contribution in [0.15, 0.2) is 72.8 Å². The molecule has 0 fully saturated rings. The molecule has 0 aliphatic heterocycles. The van der Waals surface area contributed by atoms with E-state index in [2.05, 4.69) is 20.9 Å². The lowest BCUT2D eigenvalue weighted by Crippen LogP contribution is -2.51. The number of nitrogens with zero attached hydrogens (tertiary/aromatic N) is 4. The fourth-order valence-electron chi connectivity index (χ4n) is 4.17. The van der Waals surface area contributed by atoms with Crippen LogP contribution in [0.4, 0.5) is 15.8 Å². The van der Waals surface area contributed by atoms with Gasteiger partial charge in [0, 0.05) is 29.4 Å². The maximum absolute atomic E-state index is 15.3. The van der Waals surface area contributed by atoms with Crippen LogP contribution < -0.4 is 15.5 Å². The van der Waals surface area contributed by atoms with Gasteiger partial charge in [0.1, 0.15) is 23.9 Å². The molecule has 0 bridgehead atoms. The van der Waals surface area contributed by atoms with Gasteiger partial charge in [-0.1, -0.05) is 42.5 Å². The average Bonchev–Trinajstić information content (AvgIpc) is 3.30. The minimum atomic E-state index is -1.33. The zero-order valence-electron chi connectivity index (χ0n) is 22.3. The van der Waals surface area contributed by atoms with Crippen LogP contribution in [0, 0.1) is 5.82 Å². The normalized spacial score (nSPS) is 12.1. The summed E-state index contributed by atoms with van der Waals surface area (Å²) in [6.45, 7) is 6.79. The van der Waals surface area contributed by atoms with Gasteiger partial charge in [0.25, 0.3) is 0 Å². The molecular weight excluding hydrogens is 499 g/mol. The third-order valence-corrected chi connectivity index (χ3v) is 6.49. The third-order valence-electron chi connectivity index (χ3n) is 6.49. The highest BCUT2D eigenvalue weighted by molar-refractivity contribution is 6.02. The lowest BCUT2D eigenvalue weighted by Gasteiger charge is -2.34. The van der Waals surface area contributed by atoms with Crippen molar-refractivity contribution in [2.24, 2.45) is 0 Å². The Morgan fingerprint density at radius 3 is 2.33 bits per heavy atom. The predicted octanol–water partition coefficient (Wildman–Crippen LogP) is 4.61. The molecule has 4 rings (SSSR count). The van der Waals surface area contributed by atoms with Gasteiger partial charge in [0.15, 0.2) is 0 Å². The number of carbonyl (C=O) groups is 3. The molecule has 0 radical (unpaired) electrons. The van der Waals surface area contributed by atoms with Crippen LogP contribution in [0.25, 0.3) is 11.0 Å². The summed E-state index contributed by atoms with van der Waals surface area (Å²) in [5, 5.41) is 13.9. The maximum atomic E-state index is 15.3. The second-order valence-electron chi connectivity index (χ2n) is 9.88. The fourth-order valence-corrected chi connectivity index (χ4v) is 4.17. The molecule has 2 N–H and O–H groups in total. The van der Waals surface area contributed by atoms with Crippen molar-refractivity contribution in [2.45, 2.75) is 52.2 Å². The van der Waals surface area contributed by atoms with Gasteiger partial charge >= 0.3 is 0 Å². The van der Waals surface area contributed by atoms with Crippen molar-refractivity contribution >= 4 is 40.1 Å². The minimum Gasteiger partial charge on any atom is -0.349 e. The first-order chi connectivity index (χ1) is 18.6. The largest absolute Gasteiger partial charge is 0.349 e. The Bertz CT molecular complexity index is 1500. The van der Waals surface area contributed by atoms with E-state index < -0.39 is 29.2 Å². The van der Waals surface area contributed by atoms with Gasteiger partial charge < -0.3 is 10.6 Å². The number of rotatable bonds is 9. The Hall–Kier alpha value is -4.60. The van der Waals surface area contributed by atoms with Gasteiger partial charge in [-0.2, -0.15) is 0 Å². The zero-order chi connectivity index (χ0) is 28.2. The number of amides is 3. The first-order valence-electron chi connectivity index (χ1n) is 12.6. The van der Waals surface area contributed by atoms with Crippen LogP contribution >= 0.6 is 0 Å². The molecule has 3 amide bonds. The monoisotopic (exact) mass is 530 g/mol. The van der Waals surface area contributed by atoms with Gasteiger partial charge in [-0.15, -0.1) is 5.10 Å². The molecule has 4 aromatic rings. The first-order valence-corrected chi connectivity index (χ1v) is 12.6. The van der Waals surface area contributed by atoms with Gasteiger partial charge in [0.2, 0.25) is 17.7 Å². The SMILES string of the molecule is CCC(C)(C)NC(=O)[C@H](c1ccccc1F)N(C(=O)Cn1nnc2ccccc21)c1ccc(NC(C)=O)cc1. The highest BCUT2D eigenvalue weighted by Crippen LogP contribution is 2.32. The van der Waals surface area contributed by atoms with Crippen LogP contribution in [-0.2, 0) is 20.9 Å². The molecule has 39 heavy (non-hydrogen) atoms. The number of fused-ring (bicyclic) bond motifs is 1. The summed E-state index contributed by atoms with van der Waals surface area (Å²) < 4.78 is 16.7. The Labute approximate surface area is 226 Å². The molecule has 10 heteroatoms. The number of hydrogen-bond donors (Lipinski definition) is 2. The maximum Gasteiger partial charge on any atom is 0.249 e. The fraction of sp³-hybridized carbons (Fsp3) is 0.276. The third kappa shape index (κ3) is 6.28. The van der Waals surface area contributed by atoms with Crippen molar-refractivity contribution in [3.8, 4) is 0 Å². The molecule has 0 saturated heterocycles. The number of carbonyl (C=O) groups excluding carboxylic acids is 3. The molecule has 0 aliphatic rings. The number of anilines is 2. The predicted molar refractivity (Wildman–Crippen MR) is 147 cm³/mol. The number of nitrogens with one attached hydrogen (secondary N) is 2. The molecule has 0 aliphatic carbocycles. The van der Waals surface area contributed by atoms with Gasteiger partial charge in [-0.25, -0.2) is 9.07 Å². The van der Waals surface area contributed by atoms with E-state index in [1.807, 2.05) is 32.9 Å². The lowest BCUT2D eigenvalue weighted by atomic mass is 9.98. The standard InChI is InChI=1S/C29H31FN6O3/c1-5-29(3,4)32-28(39)27(22-10-6-7-11-23(22)30)36(21-16-14-20(15-17-21)31-19(2)37)26(38)18-35-25-13-9-8-12-24(25)33-34-35/h6-17,27H,5,18H2,1-4H3,(H,31,37)(H,32,39)/t27-/m0/s1. The van der Waals surface area contributed by atoms with Crippen molar-refractivity contribution < 1.29 is 18.8 Å². The number of halogens is 1. The van der Waals surface area contributed by atoms with E-state index in [0.29, 0.717) is 28.8 Å². The molecule has 1 heterocycles. The summed E-state index contributed by atoms with van der Waals surface area (Å²) in [5.74, 6) is -1.91. The van der Waals surface area contributed by atoms with E-state index in [4.69, 9.17) is 0 Å². The summed E-state index contributed by atoms with van der Waals surface area (Å²) in [7, 11) is 0. The topological polar surface area (TPSA) is 109 Å². The molecule has 0 saturated carbocycles. The Morgan fingerprint density at radius 2 is 1.67 bits per heavy atom. The highest BCUT2D eigenvalue weighted by atomic mass is 19.1. The van der Waals surface area contributed by atoms with E-state index in [1.54, 1.807) is 42.5 Å². The molecular formula is C29H31FN6O3. The Balaban J connectivity index is 1.83. The molecule has 1 aromatic heterocycles. The summed E-state index contributed by atoms with van der Waals surface area (Å²) in [6.07, 6.45) is 0.618. The lowest BCUT2D eigenvalue weighted by molar-refractivity contribution is -0.128. The minimum absolute atomic E-state index is 0.0460. The average molecular weight is 531 g/mol. The first kappa shape index (κ1) is 27.4. The van der Waals surface area contributed by atoms with Crippen LogP contribution in [0.1, 0.15) is 45.7 Å². The molecule has 9 nitrogen and oxygen atoms in total. The van der Waals surface area contributed by atoms with Crippen LogP contribution in [0.5, 0.6) is 0 Å². The van der Waals surface area contributed by atoms with Crippen LogP contribution in [0.2, 0.25) is 0 Å². The van der Waals surface area contributed by atoms with Gasteiger partial charge in [-0.05, 0) is 62.7 Å². The number of aromatic nitrogens is 3. The van der Waals surface area contributed by atoms with E-state index in [0.717, 1.165) is 0 Å². The summed E-state index contributed by atoms with van der Waals surface area (Å²) in [4.78, 5) is 40.7. The molecule has 1 atom stereocenters. The van der Waals surface area contributed by atoms with E-state index in [1.165, 1.54) is 34.7 Å². The number of para-hydroxylation sites is 1. The summed E-state index contributed by atoms with van der Waals surface area (Å²) in [5.41, 5.74) is 1.56. The second kappa shape index (κ2) is 11.4. The summed E-state index contributed by atoms with van der Waals surface area (Å²) >= 11 is 0. The highest BCUT2D eigenvalue weighted by Gasteiger charge is 2.36. The number of benzene rings is 3. The van der Waals surface area contributed by atoms with Crippen LogP contribution in [0.3, 0.4) is 0 Å². The van der Waals surface area contributed by atoms with Crippen molar-refractivity contribution in [1.29, 1.82) is 0 Å². The zero-order valence-corrected chi connectivity index (χ0v) is 22.3. The van der Waals surface area contributed by atoms with Gasteiger partial charge in [0.05, 0.1) is 5.52 Å². The molecule has 0 spiro atoms. The van der Waals surface area contributed by atoms with Gasteiger partial charge in [-0.3, -0.25) is 19.3 Å². The smallest absolute Gasteiger partial charge is 0.249 e. The number of hydrogen-bond acceptors (Lipinski definition) is 5. The quantitative estimate of drug-likeness (QED) is 0.329. The van der Waals surface area contributed by atoms with E-state index in [9.17, 15) is 14.4 Å². The Kier molecular flexibility index (Phi) is 8.04. The summed E-state index contributed by atoms with van der Waals surface area (Å²) in [6, 6.07) is 18.2. The molecule has 202 valence electrons.